The summed E-state index contributed by atoms with van der Waals surface area (Å²) < 4.78 is 0. The van der Waals surface area contributed by atoms with Crippen LogP contribution in [-0.4, -0.2) is 5.11 Å². The van der Waals surface area contributed by atoms with Gasteiger partial charge in [-0.15, -0.1) is 0 Å². The van der Waals surface area contributed by atoms with Crippen molar-refractivity contribution in [3.05, 3.63) is 34.9 Å². The van der Waals surface area contributed by atoms with Gasteiger partial charge in [0, 0.05) is 5.02 Å². The standard InChI is InChI=1S/C15H21ClO/c1-11-5-3-6-12(9-11)15(2,17)13-7-4-8-14(16)10-13/h4,7-8,10-12,17H,3,5-6,9H2,1-2H3. The molecule has 0 amide bonds. The van der Waals surface area contributed by atoms with Gasteiger partial charge in [-0.1, -0.05) is 43.5 Å². The van der Waals surface area contributed by atoms with Crippen molar-refractivity contribution in [2.24, 2.45) is 11.8 Å². The second-order valence-corrected chi connectivity index (χ2v) is 6.06. The lowest BCUT2D eigenvalue weighted by atomic mass is 9.71. The molecule has 1 aromatic rings. The normalized spacial score (nSPS) is 28.7. The van der Waals surface area contributed by atoms with E-state index in [1.807, 2.05) is 31.2 Å². The molecule has 1 nitrogen and oxygen atoms in total. The van der Waals surface area contributed by atoms with Gasteiger partial charge in [-0.2, -0.15) is 0 Å². The van der Waals surface area contributed by atoms with E-state index < -0.39 is 5.60 Å². The van der Waals surface area contributed by atoms with E-state index in [1.54, 1.807) is 0 Å². The van der Waals surface area contributed by atoms with Gasteiger partial charge < -0.3 is 5.11 Å². The van der Waals surface area contributed by atoms with Crippen molar-refractivity contribution < 1.29 is 5.11 Å². The zero-order valence-corrected chi connectivity index (χ0v) is 11.4. The molecule has 0 heterocycles. The first-order valence-electron chi connectivity index (χ1n) is 6.48. The van der Waals surface area contributed by atoms with Gasteiger partial charge in [0.2, 0.25) is 0 Å². The summed E-state index contributed by atoms with van der Waals surface area (Å²) in [6.45, 7) is 4.21. The number of aliphatic hydroxyl groups is 1. The predicted octanol–water partition coefficient (Wildman–Crippen LogP) is 4.37. The first kappa shape index (κ1) is 12.9. The maximum atomic E-state index is 10.8. The lowest BCUT2D eigenvalue weighted by molar-refractivity contribution is -0.0293. The molecule has 0 aromatic heterocycles. The van der Waals surface area contributed by atoms with Crippen molar-refractivity contribution in [1.29, 1.82) is 0 Å². The maximum absolute atomic E-state index is 10.8. The van der Waals surface area contributed by atoms with E-state index in [1.165, 1.54) is 12.8 Å². The first-order valence-corrected chi connectivity index (χ1v) is 6.86. The third-order valence-electron chi connectivity index (χ3n) is 4.14. The number of benzene rings is 1. The van der Waals surface area contributed by atoms with Crippen molar-refractivity contribution in [1.82, 2.24) is 0 Å². The third-order valence-corrected chi connectivity index (χ3v) is 4.38. The van der Waals surface area contributed by atoms with E-state index in [0.29, 0.717) is 10.9 Å². The molecule has 0 aliphatic heterocycles. The third kappa shape index (κ3) is 2.83. The summed E-state index contributed by atoms with van der Waals surface area (Å²) in [5.41, 5.74) is 0.198. The average Bonchev–Trinajstić information content (AvgIpc) is 2.29. The van der Waals surface area contributed by atoms with Crippen LogP contribution >= 0.6 is 11.6 Å². The van der Waals surface area contributed by atoms with Crippen molar-refractivity contribution in [2.45, 2.75) is 45.1 Å². The summed E-state index contributed by atoms with van der Waals surface area (Å²) in [6, 6.07) is 7.63. The number of hydrogen-bond donors (Lipinski definition) is 1. The van der Waals surface area contributed by atoms with Gasteiger partial charge in [0.1, 0.15) is 0 Å². The molecule has 0 saturated heterocycles. The van der Waals surface area contributed by atoms with Gasteiger partial charge in [-0.05, 0) is 49.3 Å². The Kier molecular flexibility index (Phi) is 3.79. The van der Waals surface area contributed by atoms with Crippen molar-refractivity contribution in [3.63, 3.8) is 0 Å². The van der Waals surface area contributed by atoms with Gasteiger partial charge in [0.25, 0.3) is 0 Å². The van der Waals surface area contributed by atoms with Crippen LogP contribution in [0.15, 0.2) is 24.3 Å². The Morgan fingerprint density at radius 3 is 2.76 bits per heavy atom. The molecule has 0 radical (unpaired) electrons. The summed E-state index contributed by atoms with van der Waals surface area (Å²) in [5.74, 6) is 1.07. The maximum Gasteiger partial charge on any atom is 0.0897 e. The lowest BCUT2D eigenvalue weighted by Gasteiger charge is -2.38. The largest absolute Gasteiger partial charge is 0.385 e. The van der Waals surface area contributed by atoms with E-state index in [9.17, 15) is 5.11 Å². The summed E-state index contributed by atoms with van der Waals surface area (Å²) >= 11 is 6.01. The van der Waals surface area contributed by atoms with E-state index in [-0.39, 0.29) is 0 Å². The van der Waals surface area contributed by atoms with Crippen LogP contribution in [0.4, 0.5) is 0 Å². The molecule has 1 N–H and O–H groups in total. The zero-order chi connectivity index (χ0) is 12.5. The predicted molar refractivity (Wildman–Crippen MR) is 72.1 cm³/mol. The summed E-state index contributed by atoms with van der Waals surface area (Å²) in [5, 5.41) is 11.5. The summed E-state index contributed by atoms with van der Waals surface area (Å²) in [7, 11) is 0. The van der Waals surface area contributed by atoms with Gasteiger partial charge in [-0.25, -0.2) is 0 Å². The van der Waals surface area contributed by atoms with Crippen LogP contribution in [0.3, 0.4) is 0 Å². The molecule has 3 atom stereocenters. The fourth-order valence-corrected chi connectivity index (χ4v) is 3.17. The minimum Gasteiger partial charge on any atom is -0.385 e. The van der Waals surface area contributed by atoms with E-state index in [2.05, 4.69) is 6.92 Å². The quantitative estimate of drug-likeness (QED) is 0.829. The van der Waals surface area contributed by atoms with Crippen LogP contribution in [-0.2, 0) is 5.60 Å². The average molecular weight is 253 g/mol. The Morgan fingerprint density at radius 1 is 1.35 bits per heavy atom. The van der Waals surface area contributed by atoms with E-state index in [0.717, 1.165) is 24.3 Å². The fraction of sp³-hybridized carbons (Fsp3) is 0.600. The SMILES string of the molecule is CC1CCCC(C(C)(O)c2cccc(Cl)c2)C1. The summed E-state index contributed by atoms with van der Waals surface area (Å²) in [4.78, 5) is 0. The van der Waals surface area contributed by atoms with Crippen LogP contribution in [0.5, 0.6) is 0 Å². The number of hydrogen-bond acceptors (Lipinski definition) is 1. The number of halogens is 1. The Balaban J connectivity index is 2.22. The zero-order valence-electron chi connectivity index (χ0n) is 10.6. The first-order chi connectivity index (χ1) is 8.00. The van der Waals surface area contributed by atoms with Gasteiger partial charge in [-0.3, -0.25) is 0 Å². The Hall–Kier alpha value is -0.530. The Labute approximate surface area is 109 Å². The minimum absolute atomic E-state index is 0.352. The fourth-order valence-electron chi connectivity index (χ4n) is 2.98. The lowest BCUT2D eigenvalue weighted by Crippen LogP contribution is -2.35. The highest BCUT2D eigenvalue weighted by molar-refractivity contribution is 6.30. The molecule has 3 unspecified atom stereocenters. The molecular weight excluding hydrogens is 232 g/mol. The Bertz CT molecular complexity index is 386. The molecule has 1 aliphatic carbocycles. The molecule has 1 saturated carbocycles. The van der Waals surface area contributed by atoms with E-state index in [4.69, 9.17) is 11.6 Å². The molecule has 0 spiro atoms. The topological polar surface area (TPSA) is 20.2 Å². The van der Waals surface area contributed by atoms with Crippen LogP contribution in [0, 0.1) is 11.8 Å². The van der Waals surface area contributed by atoms with Crippen LogP contribution in [0.25, 0.3) is 0 Å². The van der Waals surface area contributed by atoms with Gasteiger partial charge in [0.05, 0.1) is 5.60 Å². The van der Waals surface area contributed by atoms with Crippen molar-refractivity contribution >= 4 is 11.6 Å². The second kappa shape index (κ2) is 4.99. The molecular formula is C15H21ClO. The molecule has 94 valence electrons. The summed E-state index contributed by atoms with van der Waals surface area (Å²) in [6.07, 6.45) is 4.74. The highest BCUT2D eigenvalue weighted by Gasteiger charge is 2.36. The molecule has 1 fully saturated rings. The molecule has 17 heavy (non-hydrogen) atoms. The van der Waals surface area contributed by atoms with Gasteiger partial charge >= 0.3 is 0 Å². The van der Waals surface area contributed by atoms with Crippen LogP contribution in [0.1, 0.15) is 45.1 Å². The molecule has 2 heteroatoms. The highest BCUT2D eigenvalue weighted by atomic mass is 35.5. The minimum atomic E-state index is -0.750. The smallest absolute Gasteiger partial charge is 0.0897 e. The van der Waals surface area contributed by atoms with Crippen LogP contribution < -0.4 is 0 Å². The highest BCUT2D eigenvalue weighted by Crippen LogP contribution is 2.41. The van der Waals surface area contributed by atoms with Crippen LogP contribution in [0.2, 0.25) is 5.02 Å². The monoisotopic (exact) mass is 252 g/mol. The molecule has 2 rings (SSSR count). The van der Waals surface area contributed by atoms with E-state index >= 15 is 0 Å². The molecule has 0 bridgehead atoms. The molecule has 1 aromatic carbocycles. The Morgan fingerprint density at radius 2 is 2.12 bits per heavy atom. The number of rotatable bonds is 2. The second-order valence-electron chi connectivity index (χ2n) is 5.63. The molecule has 1 aliphatic rings. The van der Waals surface area contributed by atoms with Crippen molar-refractivity contribution in [2.75, 3.05) is 0 Å². The van der Waals surface area contributed by atoms with Gasteiger partial charge in [0.15, 0.2) is 0 Å². The van der Waals surface area contributed by atoms with Crippen molar-refractivity contribution in [3.8, 4) is 0 Å².